The van der Waals surface area contributed by atoms with Crippen molar-refractivity contribution in [2.45, 2.75) is 46.3 Å². The van der Waals surface area contributed by atoms with Gasteiger partial charge in [0.2, 0.25) is 0 Å². The molecule has 15 heavy (non-hydrogen) atoms. The molecule has 0 atom stereocenters. The second kappa shape index (κ2) is 6.83. The highest BCUT2D eigenvalue weighted by Crippen LogP contribution is 2.12. The maximum atomic E-state index is 10.6. The predicted octanol–water partition coefficient (Wildman–Crippen LogP) is 3.40. The monoisotopic (exact) mass is 228 g/mol. The fraction of sp³-hybridized carbons (Fsp3) is 0.750. The summed E-state index contributed by atoms with van der Waals surface area (Å²) in [5, 5.41) is 0. The van der Waals surface area contributed by atoms with Gasteiger partial charge in [-0.05, 0) is 18.4 Å². The van der Waals surface area contributed by atoms with E-state index in [4.69, 9.17) is 4.74 Å². The molecule has 88 valence electrons. The van der Waals surface area contributed by atoms with Crippen molar-refractivity contribution in [3.63, 3.8) is 0 Å². The minimum Gasteiger partial charge on any atom is -0.466 e. The van der Waals surface area contributed by atoms with Crippen LogP contribution in [0.5, 0.6) is 0 Å². The summed E-state index contributed by atoms with van der Waals surface area (Å²) in [6.07, 6.45) is 3.43. The van der Waals surface area contributed by atoms with Gasteiger partial charge >= 0.3 is 5.97 Å². The Morgan fingerprint density at radius 2 is 2.00 bits per heavy atom. The quantitative estimate of drug-likeness (QED) is 0.514. The first-order valence-electron chi connectivity index (χ1n) is 5.64. The molecule has 0 aliphatic carbocycles. The van der Waals surface area contributed by atoms with Gasteiger partial charge in [-0.3, -0.25) is 4.79 Å². The molecule has 0 aliphatic rings. The zero-order valence-corrected chi connectivity index (χ0v) is 11.7. The van der Waals surface area contributed by atoms with Crippen molar-refractivity contribution >= 4 is 14.0 Å². The fourth-order valence-electron chi connectivity index (χ4n) is 1.20. The maximum absolute atomic E-state index is 10.6. The van der Waals surface area contributed by atoms with E-state index in [2.05, 4.69) is 38.7 Å². The number of hydrogen-bond donors (Lipinski definition) is 0. The van der Waals surface area contributed by atoms with E-state index in [1.165, 1.54) is 6.92 Å². The second-order valence-corrected chi connectivity index (χ2v) is 9.92. The van der Waals surface area contributed by atoms with Crippen molar-refractivity contribution in [1.82, 2.24) is 0 Å². The van der Waals surface area contributed by atoms with Crippen molar-refractivity contribution in [3.8, 4) is 0 Å². The highest BCUT2D eigenvalue weighted by molar-refractivity contribution is 6.82. The Morgan fingerprint density at radius 1 is 1.40 bits per heavy atom. The molecular weight excluding hydrogens is 204 g/mol. The zero-order valence-electron chi connectivity index (χ0n) is 10.7. The van der Waals surface area contributed by atoms with Crippen LogP contribution in [0.15, 0.2) is 11.8 Å². The molecule has 0 N–H and O–H groups in total. The third-order valence-electron chi connectivity index (χ3n) is 2.23. The van der Waals surface area contributed by atoms with Gasteiger partial charge in [-0.25, -0.2) is 0 Å². The van der Waals surface area contributed by atoms with Crippen LogP contribution in [0.4, 0.5) is 0 Å². The van der Waals surface area contributed by atoms with Crippen molar-refractivity contribution < 1.29 is 9.53 Å². The molecule has 0 spiro atoms. The lowest BCUT2D eigenvalue weighted by atomic mass is 10.1. The van der Waals surface area contributed by atoms with Gasteiger partial charge in [-0.1, -0.05) is 38.7 Å². The van der Waals surface area contributed by atoms with E-state index < -0.39 is 8.07 Å². The summed E-state index contributed by atoms with van der Waals surface area (Å²) in [4.78, 5) is 10.6. The summed E-state index contributed by atoms with van der Waals surface area (Å²) >= 11 is 0. The van der Waals surface area contributed by atoms with Crippen LogP contribution in [0, 0.1) is 5.92 Å². The van der Waals surface area contributed by atoms with Crippen LogP contribution >= 0.6 is 0 Å². The topological polar surface area (TPSA) is 26.3 Å². The van der Waals surface area contributed by atoms with E-state index in [0.29, 0.717) is 6.61 Å². The Hall–Kier alpha value is -0.573. The molecule has 0 rings (SSSR count). The van der Waals surface area contributed by atoms with Gasteiger partial charge in [-0.2, -0.15) is 0 Å². The normalized spacial score (nSPS) is 12.4. The molecule has 0 radical (unpaired) electrons. The van der Waals surface area contributed by atoms with Gasteiger partial charge in [0.1, 0.15) is 0 Å². The minimum absolute atomic E-state index is 0.175. The SMILES string of the molecule is CC(=O)OCC[Si](C)(C)/C=C/CC(C)C. The minimum atomic E-state index is -1.29. The smallest absolute Gasteiger partial charge is 0.302 e. The van der Waals surface area contributed by atoms with Crippen molar-refractivity contribution in [2.24, 2.45) is 5.92 Å². The average molecular weight is 228 g/mol. The molecule has 0 aromatic rings. The summed E-state index contributed by atoms with van der Waals surface area (Å²) in [5.41, 5.74) is 2.36. The molecule has 0 fully saturated rings. The largest absolute Gasteiger partial charge is 0.466 e. The fourth-order valence-corrected chi connectivity index (χ4v) is 2.77. The first kappa shape index (κ1) is 14.4. The molecule has 3 heteroatoms. The second-order valence-electron chi connectivity index (χ2n) is 5.11. The number of ether oxygens (including phenoxy) is 1. The predicted molar refractivity (Wildman–Crippen MR) is 67.5 cm³/mol. The summed E-state index contributed by atoms with van der Waals surface area (Å²) < 4.78 is 4.97. The van der Waals surface area contributed by atoms with E-state index in [1.54, 1.807) is 0 Å². The third-order valence-corrected chi connectivity index (χ3v) is 4.86. The van der Waals surface area contributed by atoms with Gasteiger partial charge in [-0.15, -0.1) is 0 Å². The van der Waals surface area contributed by atoms with Crippen LogP contribution in [0.1, 0.15) is 27.2 Å². The van der Waals surface area contributed by atoms with Crippen molar-refractivity contribution in [3.05, 3.63) is 11.8 Å². The standard InChI is InChI=1S/C12H24O2Si/c1-11(2)7-6-9-15(4,5)10-8-14-12(3)13/h6,9,11H,7-8,10H2,1-5H3/b9-6+. The Balaban J connectivity index is 3.85. The van der Waals surface area contributed by atoms with Gasteiger partial charge < -0.3 is 4.74 Å². The highest BCUT2D eigenvalue weighted by atomic mass is 28.3. The van der Waals surface area contributed by atoms with E-state index in [1.807, 2.05) is 0 Å². The Bertz CT molecular complexity index is 220. The Labute approximate surface area is 94.7 Å². The number of rotatable bonds is 6. The summed E-state index contributed by atoms with van der Waals surface area (Å²) in [6, 6.07) is 1.02. The molecule has 0 aliphatic heterocycles. The van der Waals surface area contributed by atoms with Crippen molar-refractivity contribution in [2.75, 3.05) is 6.61 Å². The first-order valence-corrected chi connectivity index (χ1v) is 8.93. The van der Waals surface area contributed by atoms with Gasteiger partial charge in [0.15, 0.2) is 0 Å². The van der Waals surface area contributed by atoms with Crippen LogP contribution in [-0.4, -0.2) is 20.7 Å². The number of carbonyl (C=O) groups is 1. The number of carbonyl (C=O) groups excluding carboxylic acids is 1. The highest BCUT2D eigenvalue weighted by Gasteiger charge is 2.16. The molecule has 0 aromatic heterocycles. The molecule has 0 amide bonds. The lowest BCUT2D eigenvalue weighted by Crippen LogP contribution is -2.25. The lowest BCUT2D eigenvalue weighted by Gasteiger charge is -2.17. The molecule has 0 bridgehead atoms. The molecule has 0 saturated carbocycles. The summed E-state index contributed by atoms with van der Waals surface area (Å²) in [5.74, 6) is 0.547. The Kier molecular flexibility index (Phi) is 6.57. The maximum Gasteiger partial charge on any atom is 0.302 e. The van der Waals surface area contributed by atoms with E-state index >= 15 is 0 Å². The van der Waals surface area contributed by atoms with Crippen LogP contribution in [0.25, 0.3) is 0 Å². The lowest BCUT2D eigenvalue weighted by molar-refractivity contribution is -0.140. The number of allylic oxidation sites excluding steroid dienone is 1. The van der Waals surface area contributed by atoms with Crippen LogP contribution < -0.4 is 0 Å². The Morgan fingerprint density at radius 3 is 2.47 bits per heavy atom. The van der Waals surface area contributed by atoms with Crippen LogP contribution in [-0.2, 0) is 9.53 Å². The van der Waals surface area contributed by atoms with E-state index in [0.717, 1.165) is 18.4 Å². The molecule has 2 nitrogen and oxygen atoms in total. The molecule has 0 heterocycles. The van der Waals surface area contributed by atoms with Crippen molar-refractivity contribution in [1.29, 1.82) is 0 Å². The number of hydrogen-bond acceptors (Lipinski definition) is 2. The van der Waals surface area contributed by atoms with Crippen LogP contribution in [0.2, 0.25) is 19.1 Å². The van der Waals surface area contributed by atoms with Crippen LogP contribution in [0.3, 0.4) is 0 Å². The zero-order chi connectivity index (χ0) is 11.9. The van der Waals surface area contributed by atoms with Gasteiger partial charge in [0.25, 0.3) is 0 Å². The third kappa shape index (κ3) is 9.72. The van der Waals surface area contributed by atoms with E-state index in [9.17, 15) is 4.79 Å². The molecule has 0 aromatic carbocycles. The van der Waals surface area contributed by atoms with E-state index in [-0.39, 0.29) is 5.97 Å². The average Bonchev–Trinajstić information content (AvgIpc) is 2.01. The first-order chi connectivity index (χ1) is 6.83. The number of esters is 1. The summed E-state index contributed by atoms with van der Waals surface area (Å²) in [7, 11) is -1.29. The van der Waals surface area contributed by atoms with Gasteiger partial charge in [0.05, 0.1) is 14.7 Å². The molecule has 0 unspecified atom stereocenters. The molecule has 0 saturated heterocycles. The summed E-state index contributed by atoms with van der Waals surface area (Å²) in [6.45, 7) is 11.1. The van der Waals surface area contributed by atoms with Gasteiger partial charge in [0, 0.05) is 6.92 Å². The molecular formula is C12H24O2Si.